The zero-order chi connectivity index (χ0) is 13.1. The summed E-state index contributed by atoms with van der Waals surface area (Å²) in [5.74, 6) is 0. The number of aryl methyl sites for hydroxylation is 1. The van der Waals surface area contributed by atoms with Gasteiger partial charge in [-0.25, -0.2) is 4.98 Å². The first kappa shape index (κ1) is 14.0. The SMILES string of the molecule is CCNC(c1cn(C)cn1)c1cc(Br)ccc1I. The van der Waals surface area contributed by atoms with Crippen molar-refractivity contribution < 1.29 is 0 Å². The first-order valence-corrected chi connectivity index (χ1v) is 7.65. The molecule has 2 rings (SSSR count). The van der Waals surface area contributed by atoms with Crippen LogP contribution < -0.4 is 5.32 Å². The average molecular weight is 420 g/mol. The van der Waals surface area contributed by atoms with Crippen molar-refractivity contribution in [3.63, 3.8) is 0 Å². The Kier molecular flexibility index (Phi) is 4.80. The Balaban J connectivity index is 2.44. The van der Waals surface area contributed by atoms with E-state index in [0.717, 1.165) is 16.7 Å². The Bertz CT molecular complexity index is 539. The number of hydrogen-bond donors (Lipinski definition) is 1. The van der Waals surface area contributed by atoms with Crippen molar-refractivity contribution in [2.75, 3.05) is 6.54 Å². The summed E-state index contributed by atoms with van der Waals surface area (Å²) in [4.78, 5) is 4.46. The Morgan fingerprint density at radius 1 is 1.50 bits per heavy atom. The fourth-order valence-electron chi connectivity index (χ4n) is 1.90. The second kappa shape index (κ2) is 6.16. The molecule has 1 unspecified atom stereocenters. The van der Waals surface area contributed by atoms with Gasteiger partial charge < -0.3 is 9.88 Å². The topological polar surface area (TPSA) is 29.9 Å². The van der Waals surface area contributed by atoms with E-state index in [2.05, 4.69) is 80.1 Å². The first-order valence-electron chi connectivity index (χ1n) is 5.78. The van der Waals surface area contributed by atoms with Gasteiger partial charge in [-0.15, -0.1) is 0 Å². The summed E-state index contributed by atoms with van der Waals surface area (Å²) in [5, 5.41) is 3.50. The predicted molar refractivity (Wildman–Crippen MR) is 85.6 cm³/mol. The molecule has 0 aliphatic carbocycles. The lowest BCUT2D eigenvalue weighted by molar-refractivity contribution is 0.615. The van der Waals surface area contributed by atoms with Crippen LogP contribution in [0.2, 0.25) is 0 Å². The lowest BCUT2D eigenvalue weighted by Crippen LogP contribution is -2.23. The molecule has 1 aromatic heterocycles. The van der Waals surface area contributed by atoms with Gasteiger partial charge in [0.1, 0.15) is 0 Å². The number of halogens is 2. The quantitative estimate of drug-likeness (QED) is 0.768. The zero-order valence-corrected chi connectivity index (χ0v) is 14.1. The second-order valence-electron chi connectivity index (χ2n) is 4.12. The maximum atomic E-state index is 4.46. The highest BCUT2D eigenvalue weighted by Gasteiger charge is 2.18. The van der Waals surface area contributed by atoms with Gasteiger partial charge in [0.2, 0.25) is 0 Å². The maximum absolute atomic E-state index is 4.46. The van der Waals surface area contributed by atoms with E-state index in [1.165, 1.54) is 9.13 Å². The third kappa shape index (κ3) is 3.13. The van der Waals surface area contributed by atoms with E-state index >= 15 is 0 Å². The molecule has 0 amide bonds. The van der Waals surface area contributed by atoms with Gasteiger partial charge in [0.15, 0.2) is 0 Å². The van der Waals surface area contributed by atoms with E-state index in [1.807, 2.05) is 17.9 Å². The predicted octanol–water partition coefficient (Wildman–Crippen LogP) is 3.49. The van der Waals surface area contributed by atoms with Crippen LogP contribution >= 0.6 is 38.5 Å². The molecule has 0 aliphatic heterocycles. The fourth-order valence-corrected chi connectivity index (χ4v) is 2.92. The molecule has 0 fully saturated rings. The molecule has 1 N–H and O–H groups in total. The monoisotopic (exact) mass is 419 g/mol. The van der Waals surface area contributed by atoms with Crippen molar-refractivity contribution in [3.8, 4) is 0 Å². The number of rotatable bonds is 4. The normalized spacial score (nSPS) is 12.7. The molecule has 0 radical (unpaired) electrons. The highest BCUT2D eigenvalue weighted by atomic mass is 127. The Hall–Kier alpha value is -0.400. The molecule has 0 saturated heterocycles. The Morgan fingerprint density at radius 2 is 2.28 bits per heavy atom. The summed E-state index contributed by atoms with van der Waals surface area (Å²) in [6, 6.07) is 6.48. The number of hydrogen-bond acceptors (Lipinski definition) is 2. The van der Waals surface area contributed by atoms with Gasteiger partial charge >= 0.3 is 0 Å². The van der Waals surface area contributed by atoms with E-state index in [4.69, 9.17) is 0 Å². The van der Waals surface area contributed by atoms with Crippen LogP contribution in [0.15, 0.2) is 35.2 Å². The van der Waals surface area contributed by atoms with Crippen LogP contribution in [0.25, 0.3) is 0 Å². The van der Waals surface area contributed by atoms with Crippen molar-refractivity contribution in [2.45, 2.75) is 13.0 Å². The van der Waals surface area contributed by atoms with Crippen LogP contribution in [0, 0.1) is 3.57 Å². The highest BCUT2D eigenvalue weighted by molar-refractivity contribution is 14.1. The first-order chi connectivity index (χ1) is 8.61. The number of benzene rings is 1. The molecular weight excluding hydrogens is 405 g/mol. The molecule has 1 heterocycles. The summed E-state index contributed by atoms with van der Waals surface area (Å²) in [6.07, 6.45) is 3.90. The summed E-state index contributed by atoms with van der Waals surface area (Å²) in [5.41, 5.74) is 2.31. The minimum atomic E-state index is 0.139. The molecule has 96 valence electrons. The van der Waals surface area contributed by atoms with Crippen LogP contribution in [-0.2, 0) is 7.05 Å². The molecule has 3 nitrogen and oxygen atoms in total. The van der Waals surface area contributed by atoms with E-state index in [0.29, 0.717) is 0 Å². The van der Waals surface area contributed by atoms with Gasteiger partial charge in [0.25, 0.3) is 0 Å². The van der Waals surface area contributed by atoms with Crippen molar-refractivity contribution >= 4 is 38.5 Å². The summed E-state index contributed by atoms with van der Waals surface area (Å²) in [7, 11) is 1.99. The lowest BCUT2D eigenvalue weighted by Gasteiger charge is -2.18. The molecule has 18 heavy (non-hydrogen) atoms. The van der Waals surface area contributed by atoms with Crippen LogP contribution in [0.3, 0.4) is 0 Å². The van der Waals surface area contributed by atoms with Gasteiger partial charge in [-0.2, -0.15) is 0 Å². The molecule has 1 atom stereocenters. The molecule has 0 aliphatic rings. The smallest absolute Gasteiger partial charge is 0.0947 e. The summed E-state index contributed by atoms with van der Waals surface area (Å²) in [6.45, 7) is 3.02. The molecule has 0 bridgehead atoms. The van der Waals surface area contributed by atoms with Crippen molar-refractivity contribution in [3.05, 3.63) is 50.0 Å². The van der Waals surface area contributed by atoms with Gasteiger partial charge in [-0.3, -0.25) is 0 Å². The van der Waals surface area contributed by atoms with Crippen LogP contribution in [0.4, 0.5) is 0 Å². The largest absolute Gasteiger partial charge is 0.340 e. The lowest BCUT2D eigenvalue weighted by atomic mass is 10.0. The van der Waals surface area contributed by atoms with Crippen molar-refractivity contribution in [1.82, 2.24) is 14.9 Å². The fraction of sp³-hybridized carbons (Fsp3) is 0.308. The summed E-state index contributed by atoms with van der Waals surface area (Å²) < 4.78 is 4.31. The van der Waals surface area contributed by atoms with Crippen LogP contribution in [0.5, 0.6) is 0 Å². The molecule has 0 saturated carbocycles. The van der Waals surface area contributed by atoms with E-state index in [9.17, 15) is 0 Å². The number of nitrogens with zero attached hydrogens (tertiary/aromatic N) is 2. The van der Waals surface area contributed by atoms with Gasteiger partial charge in [-0.1, -0.05) is 22.9 Å². The van der Waals surface area contributed by atoms with Crippen LogP contribution in [-0.4, -0.2) is 16.1 Å². The molecular formula is C13H15BrIN3. The second-order valence-corrected chi connectivity index (χ2v) is 6.20. The average Bonchev–Trinajstić information content (AvgIpc) is 2.76. The highest BCUT2D eigenvalue weighted by Crippen LogP contribution is 2.28. The Labute approximate surface area is 129 Å². The van der Waals surface area contributed by atoms with E-state index in [-0.39, 0.29) is 6.04 Å². The molecule has 2 aromatic rings. The minimum Gasteiger partial charge on any atom is -0.340 e. The number of aromatic nitrogens is 2. The van der Waals surface area contributed by atoms with E-state index < -0.39 is 0 Å². The number of nitrogens with one attached hydrogen (secondary N) is 1. The zero-order valence-electron chi connectivity index (χ0n) is 10.3. The summed E-state index contributed by atoms with van der Waals surface area (Å²) >= 11 is 5.91. The van der Waals surface area contributed by atoms with Gasteiger partial charge in [0, 0.05) is 21.3 Å². The van der Waals surface area contributed by atoms with Gasteiger partial charge in [-0.05, 0) is 52.9 Å². The molecule has 0 spiro atoms. The van der Waals surface area contributed by atoms with Crippen molar-refractivity contribution in [2.24, 2.45) is 7.05 Å². The maximum Gasteiger partial charge on any atom is 0.0947 e. The van der Waals surface area contributed by atoms with Crippen LogP contribution in [0.1, 0.15) is 24.2 Å². The third-order valence-corrected chi connectivity index (χ3v) is 4.17. The minimum absolute atomic E-state index is 0.139. The molecule has 5 heteroatoms. The standard InChI is InChI=1S/C13H15BrIN3/c1-3-16-13(12-7-18(2)8-17-12)10-6-9(14)4-5-11(10)15/h4-8,13,16H,3H2,1-2H3. The third-order valence-electron chi connectivity index (χ3n) is 2.70. The number of imidazole rings is 1. The molecule has 1 aromatic carbocycles. The Morgan fingerprint density at radius 3 is 2.89 bits per heavy atom. The van der Waals surface area contributed by atoms with Gasteiger partial charge in [0.05, 0.1) is 18.1 Å². The van der Waals surface area contributed by atoms with Crippen molar-refractivity contribution in [1.29, 1.82) is 0 Å². The van der Waals surface area contributed by atoms with E-state index in [1.54, 1.807) is 0 Å².